The molecule has 3 rings (SSSR count). The second kappa shape index (κ2) is 12.2. The minimum Gasteiger partial charge on any atom is -0.497 e. The molecule has 0 fully saturated rings. The maximum absolute atomic E-state index is 12.3. The topological polar surface area (TPSA) is 81.7 Å². The van der Waals surface area contributed by atoms with Crippen molar-refractivity contribution in [3.05, 3.63) is 71.3 Å². The summed E-state index contributed by atoms with van der Waals surface area (Å²) in [6.07, 6.45) is 2.88. The lowest BCUT2D eigenvalue weighted by atomic mass is 10.1. The lowest BCUT2D eigenvalue weighted by molar-refractivity contribution is 0.0916. The van der Waals surface area contributed by atoms with Crippen molar-refractivity contribution in [1.82, 2.24) is 0 Å². The fourth-order valence-electron chi connectivity index (χ4n) is 3.29. The monoisotopic (exact) mass is 480 g/mol. The lowest BCUT2D eigenvalue weighted by Crippen LogP contribution is -2.11. The quantitative estimate of drug-likeness (QED) is 0.210. The fraction of sp³-hybridized carbons (Fsp3) is 0.222. The van der Waals surface area contributed by atoms with E-state index in [0.29, 0.717) is 28.7 Å². The van der Waals surface area contributed by atoms with Gasteiger partial charge < -0.3 is 33.2 Å². The zero-order chi connectivity index (χ0) is 25.2. The van der Waals surface area contributed by atoms with E-state index in [1.165, 1.54) is 7.11 Å². The first-order chi connectivity index (χ1) is 17.0. The first kappa shape index (κ1) is 25.3. The third kappa shape index (κ3) is 6.60. The van der Waals surface area contributed by atoms with Crippen molar-refractivity contribution in [2.45, 2.75) is 6.61 Å². The van der Waals surface area contributed by atoms with Crippen LogP contribution in [0.3, 0.4) is 0 Å². The highest BCUT2D eigenvalue weighted by molar-refractivity contribution is 5.74. The SMILES string of the molecule is COc1cccc(COC(=O)Oc2cc(/C=C\c3cc(OC)c(OC)c(OC)c3)ccc2OC)c1. The summed E-state index contributed by atoms with van der Waals surface area (Å²) in [5.74, 6) is 2.91. The maximum Gasteiger partial charge on any atom is 0.514 e. The third-order valence-corrected chi connectivity index (χ3v) is 5.03. The number of benzene rings is 3. The molecule has 0 saturated heterocycles. The average molecular weight is 481 g/mol. The highest BCUT2D eigenvalue weighted by Crippen LogP contribution is 2.38. The van der Waals surface area contributed by atoms with Crippen molar-refractivity contribution in [2.75, 3.05) is 35.5 Å². The zero-order valence-corrected chi connectivity index (χ0v) is 20.3. The summed E-state index contributed by atoms with van der Waals surface area (Å²) in [6, 6.07) is 16.1. The molecular formula is C27H28O8. The molecule has 0 aromatic heterocycles. The highest BCUT2D eigenvalue weighted by atomic mass is 16.7. The Labute approximate surface area is 204 Å². The normalized spacial score (nSPS) is 10.5. The molecule has 0 N–H and O–H groups in total. The maximum atomic E-state index is 12.3. The number of ether oxygens (including phenoxy) is 7. The molecule has 35 heavy (non-hydrogen) atoms. The van der Waals surface area contributed by atoms with Gasteiger partial charge in [0.05, 0.1) is 35.5 Å². The van der Waals surface area contributed by atoms with Crippen LogP contribution in [-0.4, -0.2) is 41.7 Å². The summed E-state index contributed by atoms with van der Waals surface area (Å²) in [7, 11) is 7.74. The molecular weight excluding hydrogens is 452 g/mol. The molecule has 0 spiro atoms. The summed E-state index contributed by atoms with van der Waals surface area (Å²) >= 11 is 0. The van der Waals surface area contributed by atoms with Gasteiger partial charge in [-0.05, 0) is 53.1 Å². The van der Waals surface area contributed by atoms with Crippen LogP contribution in [0.15, 0.2) is 54.6 Å². The van der Waals surface area contributed by atoms with Gasteiger partial charge in [-0.2, -0.15) is 0 Å². The predicted molar refractivity (Wildman–Crippen MR) is 132 cm³/mol. The molecule has 0 amide bonds. The van der Waals surface area contributed by atoms with Crippen molar-refractivity contribution in [1.29, 1.82) is 0 Å². The number of methoxy groups -OCH3 is 5. The summed E-state index contributed by atoms with van der Waals surface area (Å²) in [5, 5.41) is 0. The molecule has 0 heterocycles. The van der Waals surface area contributed by atoms with E-state index in [4.69, 9.17) is 33.2 Å². The smallest absolute Gasteiger partial charge is 0.497 e. The Balaban J connectivity index is 1.74. The van der Waals surface area contributed by atoms with Gasteiger partial charge in [0.15, 0.2) is 23.0 Å². The molecule has 0 bridgehead atoms. The van der Waals surface area contributed by atoms with Crippen molar-refractivity contribution >= 4 is 18.3 Å². The second-order valence-corrected chi connectivity index (χ2v) is 7.19. The van der Waals surface area contributed by atoms with Gasteiger partial charge in [0.1, 0.15) is 12.4 Å². The van der Waals surface area contributed by atoms with Gasteiger partial charge in [0, 0.05) is 0 Å². The Morgan fingerprint density at radius 3 is 1.97 bits per heavy atom. The van der Waals surface area contributed by atoms with Gasteiger partial charge >= 0.3 is 6.16 Å². The standard InChI is InChI=1S/C27H28O8/c1-29-21-8-6-7-20(13-21)17-34-27(28)35-23-14-18(11-12-22(23)30-2)9-10-19-15-24(31-3)26(33-5)25(16-19)32-4/h6-16H,17H2,1-5H3/b10-9-. The number of hydrogen-bond acceptors (Lipinski definition) is 8. The lowest BCUT2D eigenvalue weighted by Gasteiger charge is -2.13. The van der Waals surface area contributed by atoms with Crippen molar-refractivity contribution < 1.29 is 38.0 Å². The van der Waals surface area contributed by atoms with Crippen LogP contribution in [0, 0.1) is 0 Å². The van der Waals surface area contributed by atoms with Gasteiger partial charge in [-0.15, -0.1) is 0 Å². The first-order valence-corrected chi connectivity index (χ1v) is 10.6. The molecule has 8 nitrogen and oxygen atoms in total. The van der Waals surface area contributed by atoms with Crippen LogP contribution < -0.4 is 28.4 Å². The van der Waals surface area contributed by atoms with Crippen LogP contribution in [0.1, 0.15) is 16.7 Å². The van der Waals surface area contributed by atoms with Gasteiger partial charge in [0.2, 0.25) is 5.75 Å². The van der Waals surface area contributed by atoms with Crippen LogP contribution in [0.5, 0.6) is 34.5 Å². The van der Waals surface area contributed by atoms with Crippen molar-refractivity contribution in [2.24, 2.45) is 0 Å². The largest absolute Gasteiger partial charge is 0.514 e. The molecule has 0 atom stereocenters. The summed E-state index contributed by atoms with van der Waals surface area (Å²) < 4.78 is 37.3. The molecule has 0 radical (unpaired) electrons. The van der Waals surface area contributed by atoms with E-state index in [9.17, 15) is 4.79 Å². The Morgan fingerprint density at radius 1 is 0.686 bits per heavy atom. The summed E-state index contributed by atoms with van der Waals surface area (Å²) in [6.45, 7) is 0.0408. The molecule has 0 saturated carbocycles. The molecule has 184 valence electrons. The number of hydrogen-bond donors (Lipinski definition) is 0. The van der Waals surface area contributed by atoms with Crippen LogP contribution in [0.25, 0.3) is 12.2 Å². The minimum absolute atomic E-state index is 0.0408. The van der Waals surface area contributed by atoms with Crippen molar-refractivity contribution in [3.63, 3.8) is 0 Å². The molecule has 0 aliphatic heterocycles. The minimum atomic E-state index is -0.850. The van der Waals surface area contributed by atoms with E-state index in [0.717, 1.165) is 16.7 Å². The molecule has 8 heteroatoms. The van der Waals surface area contributed by atoms with E-state index in [-0.39, 0.29) is 12.4 Å². The third-order valence-electron chi connectivity index (χ3n) is 5.03. The Kier molecular flexibility index (Phi) is 8.83. The summed E-state index contributed by atoms with van der Waals surface area (Å²) in [5.41, 5.74) is 2.38. The van der Waals surface area contributed by atoms with E-state index in [1.807, 2.05) is 48.6 Å². The van der Waals surface area contributed by atoms with E-state index >= 15 is 0 Å². The fourth-order valence-corrected chi connectivity index (χ4v) is 3.29. The Bertz CT molecular complexity index is 1160. The number of rotatable bonds is 10. The first-order valence-electron chi connectivity index (χ1n) is 10.6. The molecule has 0 unspecified atom stereocenters. The van der Waals surface area contributed by atoms with Crippen LogP contribution >= 0.6 is 0 Å². The predicted octanol–water partition coefficient (Wildman–Crippen LogP) is 5.62. The average Bonchev–Trinajstić information content (AvgIpc) is 2.90. The molecule has 3 aromatic rings. The molecule has 3 aromatic carbocycles. The highest BCUT2D eigenvalue weighted by Gasteiger charge is 2.14. The Morgan fingerprint density at radius 2 is 1.34 bits per heavy atom. The van der Waals surface area contributed by atoms with Gasteiger partial charge in [0.25, 0.3) is 0 Å². The van der Waals surface area contributed by atoms with E-state index in [2.05, 4.69) is 0 Å². The van der Waals surface area contributed by atoms with Crippen LogP contribution in [0.4, 0.5) is 4.79 Å². The van der Waals surface area contributed by atoms with Gasteiger partial charge in [-0.1, -0.05) is 30.4 Å². The second-order valence-electron chi connectivity index (χ2n) is 7.19. The zero-order valence-electron chi connectivity index (χ0n) is 20.3. The molecule has 0 aliphatic rings. The van der Waals surface area contributed by atoms with Crippen LogP contribution in [-0.2, 0) is 11.3 Å². The van der Waals surface area contributed by atoms with E-state index < -0.39 is 6.16 Å². The van der Waals surface area contributed by atoms with Gasteiger partial charge in [-0.25, -0.2) is 4.79 Å². The Hall–Kier alpha value is -4.33. The number of carbonyl (C=O) groups excluding carboxylic acids is 1. The molecule has 0 aliphatic carbocycles. The van der Waals surface area contributed by atoms with Crippen molar-refractivity contribution in [3.8, 4) is 34.5 Å². The van der Waals surface area contributed by atoms with Crippen LogP contribution in [0.2, 0.25) is 0 Å². The number of carbonyl (C=O) groups is 1. The van der Waals surface area contributed by atoms with E-state index in [1.54, 1.807) is 46.6 Å². The van der Waals surface area contributed by atoms with Gasteiger partial charge in [-0.3, -0.25) is 0 Å². The summed E-state index contributed by atoms with van der Waals surface area (Å²) in [4.78, 5) is 12.3.